The Kier molecular flexibility index (Phi) is 6.69. The van der Waals surface area contributed by atoms with Crippen molar-refractivity contribution in [2.75, 3.05) is 50.8 Å². The number of esters is 1. The maximum Gasteiger partial charge on any atom is 0.409 e. The molecule has 2 saturated heterocycles. The van der Waals surface area contributed by atoms with E-state index in [0.29, 0.717) is 51.3 Å². The Labute approximate surface area is 169 Å². The number of rotatable bonds is 5. The van der Waals surface area contributed by atoms with Gasteiger partial charge in [-0.25, -0.2) is 9.59 Å². The van der Waals surface area contributed by atoms with Gasteiger partial charge in [-0.3, -0.25) is 9.59 Å². The standard InChI is InChI=1S/C20H25N3O6/c1-2-28-20(27)22-12-10-21(11-13-22)18(25)14-29-19(26)15-5-7-16(8-6-15)23-9-3-4-17(23)24/h5-8H,2-4,9-14H2,1H3. The molecule has 0 spiro atoms. The summed E-state index contributed by atoms with van der Waals surface area (Å²) < 4.78 is 10.1. The molecule has 0 bridgehead atoms. The van der Waals surface area contributed by atoms with E-state index in [1.807, 2.05) is 0 Å². The number of piperazine rings is 1. The lowest BCUT2D eigenvalue weighted by Crippen LogP contribution is -2.51. The maximum absolute atomic E-state index is 12.3. The van der Waals surface area contributed by atoms with Crippen LogP contribution in [0.2, 0.25) is 0 Å². The monoisotopic (exact) mass is 403 g/mol. The first kappa shape index (κ1) is 20.6. The number of ether oxygens (including phenoxy) is 2. The van der Waals surface area contributed by atoms with E-state index in [2.05, 4.69) is 0 Å². The Hall–Kier alpha value is -3.10. The zero-order valence-corrected chi connectivity index (χ0v) is 16.5. The highest BCUT2D eigenvalue weighted by molar-refractivity contribution is 5.96. The van der Waals surface area contributed by atoms with E-state index in [9.17, 15) is 19.2 Å². The van der Waals surface area contributed by atoms with Crippen LogP contribution in [0, 0.1) is 0 Å². The van der Waals surface area contributed by atoms with Gasteiger partial charge in [0, 0.05) is 44.8 Å². The van der Waals surface area contributed by atoms with Gasteiger partial charge in [0.2, 0.25) is 5.91 Å². The number of benzene rings is 1. The third-order valence-electron chi connectivity index (χ3n) is 4.97. The van der Waals surface area contributed by atoms with E-state index in [-0.39, 0.29) is 24.5 Å². The van der Waals surface area contributed by atoms with Crippen molar-refractivity contribution in [3.05, 3.63) is 29.8 Å². The Morgan fingerprint density at radius 3 is 2.17 bits per heavy atom. The van der Waals surface area contributed by atoms with Gasteiger partial charge in [0.1, 0.15) is 0 Å². The fourth-order valence-electron chi connectivity index (χ4n) is 3.35. The number of amides is 3. The zero-order valence-electron chi connectivity index (χ0n) is 16.5. The van der Waals surface area contributed by atoms with Gasteiger partial charge in [-0.1, -0.05) is 0 Å². The lowest BCUT2D eigenvalue weighted by atomic mass is 10.2. The van der Waals surface area contributed by atoms with Gasteiger partial charge in [-0.15, -0.1) is 0 Å². The fraction of sp³-hybridized carbons (Fsp3) is 0.500. The molecule has 9 nitrogen and oxygen atoms in total. The first-order chi connectivity index (χ1) is 14.0. The minimum atomic E-state index is -0.595. The van der Waals surface area contributed by atoms with E-state index in [1.165, 1.54) is 0 Å². The number of hydrogen-bond donors (Lipinski definition) is 0. The van der Waals surface area contributed by atoms with Crippen LogP contribution in [0.15, 0.2) is 24.3 Å². The zero-order chi connectivity index (χ0) is 20.8. The van der Waals surface area contributed by atoms with Crippen LogP contribution in [0.3, 0.4) is 0 Å². The van der Waals surface area contributed by atoms with Gasteiger partial charge >= 0.3 is 12.1 Å². The molecule has 0 unspecified atom stereocenters. The molecule has 0 atom stereocenters. The number of nitrogens with zero attached hydrogens (tertiary/aromatic N) is 3. The Morgan fingerprint density at radius 1 is 0.931 bits per heavy atom. The third-order valence-corrected chi connectivity index (χ3v) is 4.97. The Balaban J connectivity index is 1.45. The summed E-state index contributed by atoms with van der Waals surface area (Å²) in [5.41, 5.74) is 1.07. The Bertz CT molecular complexity index is 771. The molecular formula is C20H25N3O6. The molecule has 0 aliphatic carbocycles. The molecule has 3 amide bonds. The second kappa shape index (κ2) is 9.40. The molecule has 0 aromatic heterocycles. The minimum Gasteiger partial charge on any atom is -0.452 e. The van der Waals surface area contributed by atoms with Gasteiger partial charge in [-0.2, -0.15) is 0 Å². The third kappa shape index (κ3) is 5.04. The van der Waals surface area contributed by atoms with Crippen molar-refractivity contribution in [3.8, 4) is 0 Å². The molecule has 2 fully saturated rings. The summed E-state index contributed by atoms with van der Waals surface area (Å²) in [7, 11) is 0. The molecule has 1 aromatic carbocycles. The van der Waals surface area contributed by atoms with Crippen LogP contribution < -0.4 is 4.90 Å². The first-order valence-corrected chi connectivity index (χ1v) is 9.76. The molecule has 1 aromatic rings. The van der Waals surface area contributed by atoms with Gasteiger partial charge in [0.25, 0.3) is 5.91 Å². The predicted octanol–water partition coefficient (Wildman–Crippen LogP) is 1.27. The summed E-state index contributed by atoms with van der Waals surface area (Å²) in [5.74, 6) is -0.821. The average Bonchev–Trinajstić information content (AvgIpc) is 3.18. The number of carbonyl (C=O) groups is 4. The summed E-state index contributed by atoms with van der Waals surface area (Å²) in [6.07, 6.45) is 0.990. The highest BCUT2D eigenvalue weighted by atomic mass is 16.6. The summed E-state index contributed by atoms with van der Waals surface area (Å²) in [6.45, 7) is 3.88. The van der Waals surface area contributed by atoms with E-state index >= 15 is 0 Å². The Morgan fingerprint density at radius 2 is 1.59 bits per heavy atom. The first-order valence-electron chi connectivity index (χ1n) is 9.76. The van der Waals surface area contributed by atoms with Crippen molar-refractivity contribution in [1.29, 1.82) is 0 Å². The van der Waals surface area contributed by atoms with Gasteiger partial charge in [0.15, 0.2) is 6.61 Å². The van der Waals surface area contributed by atoms with E-state index in [0.717, 1.165) is 12.1 Å². The van der Waals surface area contributed by atoms with E-state index in [1.54, 1.807) is 45.9 Å². The van der Waals surface area contributed by atoms with Gasteiger partial charge < -0.3 is 24.2 Å². The van der Waals surface area contributed by atoms with Crippen LogP contribution in [-0.2, 0) is 19.1 Å². The van der Waals surface area contributed by atoms with Crippen molar-refractivity contribution in [1.82, 2.24) is 9.80 Å². The number of carbonyl (C=O) groups excluding carboxylic acids is 4. The highest BCUT2D eigenvalue weighted by Gasteiger charge is 2.26. The van der Waals surface area contributed by atoms with E-state index in [4.69, 9.17) is 9.47 Å². The van der Waals surface area contributed by atoms with Crippen LogP contribution >= 0.6 is 0 Å². The van der Waals surface area contributed by atoms with Crippen molar-refractivity contribution in [2.45, 2.75) is 19.8 Å². The topological polar surface area (TPSA) is 96.5 Å². The average molecular weight is 403 g/mol. The van der Waals surface area contributed by atoms with Crippen LogP contribution in [-0.4, -0.2) is 79.6 Å². The highest BCUT2D eigenvalue weighted by Crippen LogP contribution is 2.21. The molecule has 2 heterocycles. The van der Waals surface area contributed by atoms with Crippen LogP contribution in [0.1, 0.15) is 30.1 Å². The molecule has 2 aliphatic rings. The van der Waals surface area contributed by atoms with E-state index < -0.39 is 5.97 Å². The molecule has 29 heavy (non-hydrogen) atoms. The fourth-order valence-corrected chi connectivity index (χ4v) is 3.35. The van der Waals surface area contributed by atoms with Crippen LogP contribution in [0.4, 0.5) is 10.5 Å². The molecule has 0 radical (unpaired) electrons. The molecule has 9 heteroatoms. The molecule has 3 rings (SSSR count). The lowest BCUT2D eigenvalue weighted by molar-refractivity contribution is -0.136. The quantitative estimate of drug-likeness (QED) is 0.687. The normalized spacial score (nSPS) is 16.7. The van der Waals surface area contributed by atoms with Gasteiger partial charge in [-0.05, 0) is 37.6 Å². The molecule has 156 valence electrons. The SMILES string of the molecule is CCOC(=O)N1CCN(C(=O)COC(=O)c2ccc(N3CCCC3=O)cc2)CC1. The van der Waals surface area contributed by atoms with Crippen molar-refractivity contribution in [3.63, 3.8) is 0 Å². The maximum atomic E-state index is 12.3. The van der Waals surface area contributed by atoms with Crippen molar-refractivity contribution >= 4 is 29.6 Å². The summed E-state index contributed by atoms with van der Waals surface area (Å²) in [5, 5.41) is 0. The van der Waals surface area contributed by atoms with Crippen LogP contribution in [0.5, 0.6) is 0 Å². The molecular weight excluding hydrogens is 378 g/mol. The largest absolute Gasteiger partial charge is 0.452 e. The molecule has 0 N–H and O–H groups in total. The van der Waals surface area contributed by atoms with Crippen molar-refractivity contribution in [2.24, 2.45) is 0 Å². The summed E-state index contributed by atoms with van der Waals surface area (Å²) in [6, 6.07) is 6.59. The van der Waals surface area contributed by atoms with Crippen LogP contribution in [0.25, 0.3) is 0 Å². The predicted molar refractivity (Wildman–Crippen MR) is 103 cm³/mol. The number of hydrogen-bond acceptors (Lipinski definition) is 6. The molecule has 2 aliphatic heterocycles. The summed E-state index contributed by atoms with van der Waals surface area (Å²) >= 11 is 0. The number of anilines is 1. The van der Waals surface area contributed by atoms with Crippen molar-refractivity contribution < 1.29 is 28.7 Å². The smallest absolute Gasteiger partial charge is 0.409 e. The second-order valence-corrected chi connectivity index (χ2v) is 6.84. The second-order valence-electron chi connectivity index (χ2n) is 6.84. The van der Waals surface area contributed by atoms with Gasteiger partial charge in [0.05, 0.1) is 12.2 Å². The minimum absolute atomic E-state index is 0.0778. The molecule has 0 saturated carbocycles. The summed E-state index contributed by atoms with van der Waals surface area (Å²) in [4.78, 5) is 52.7. The lowest BCUT2D eigenvalue weighted by Gasteiger charge is -2.33.